The lowest BCUT2D eigenvalue weighted by molar-refractivity contribution is -0.124. The molecule has 2 N–H and O–H groups in total. The summed E-state index contributed by atoms with van der Waals surface area (Å²) in [5.74, 6) is 0.942. The van der Waals surface area contributed by atoms with Crippen molar-refractivity contribution in [3.05, 3.63) is 35.2 Å². The van der Waals surface area contributed by atoms with Crippen LogP contribution in [-0.4, -0.2) is 36.2 Å². The van der Waals surface area contributed by atoms with Gasteiger partial charge in [-0.1, -0.05) is 23.7 Å². The first-order valence-corrected chi connectivity index (χ1v) is 7.48. The van der Waals surface area contributed by atoms with E-state index in [9.17, 15) is 4.79 Å². The zero-order chi connectivity index (χ0) is 15.9. The van der Waals surface area contributed by atoms with Gasteiger partial charge in [-0.3, -0.25) is 4.79 Å². The van der Waals surface area contributed by atoms with Gasteiger partial charge in [-0.15, -0.1) is 12.4 Å². The second kappa shape index (κ2) is 9.50. The summed E-state index contributed by atoms with van der Waals surface area (Å²) in [7, 11) is 1.82. The summed E-state index contributed by atoms with van der Waals surface area (Å²) in [5, 5.41) is 10.4. The molecule has 0 radical (unpaired) electrons. The van der Waals surface area contributed by atoms with E-state index in [0.29, 0.717) is 36.2 Å². The Bertz CT molecular complexity index is 616. The van der Waals surface area contributed by atoms with Gasteiger partial charge in [0.1, 0.15) is 0 Å². The second-order valence-corrected chi connectivity index (χ2v) is 5.45. The normalized spacial score (nSPS) is 11.6. The van der Waals surface area contributed by atoms with Crippen LogP contribution in [0.5, 0.6) is 0 Å². The number of nitrogens with one attached hydrogen (secondary N) is 2. The maximum absolute atomic E-state index is 11.8. The van der Waals surface area contributed by atoms with E-state index in [1.807, 2.05) is 26.1 Å². The average molecular weight is 359 g/mol. The monoisotopic (exact) mass is 358 g/mol. The molecule has 0 saturated heterocycles. The Morgan fingerprint density at radius 1 is 1.35 bits per heavy atom. The molecule has 2 rings (SSSR count). The molecule has 0 bridgehead atoms. The average Bonchev–Trinajstić information content (AvgIpc) is 2.97. The largest absolute Gasteiger partial charge is 0.355 e. The first kappa shape index (κ1) is 19.4. The van der Waals surface area contributed by atoms with Crippen LogP contribution in [0.1, 0.15) is 12.8 Å². The fourth-order valence-electron chi connectivity index (χ4n) is 1.94. The van der Waals surface area contributed by atoms with Crippen LogP contribution < -0.4 is 10.6 Å². The van der Waals surface area contributed by atoms with Crippen molar-refractivity contribution in [3.8, 4) is 11.4 Å². The Kier molecular flexibility index (Phi) is 8.02. The van der Waals surface area contributed by atoms with E-state index in [1.54, 1.807) is 12.1 Å². The van der Waals surface area contributed by atoms with Gasteiger partial charge in [0.15, 0.2) is 0 Å². The predicted molar refractivity (Wildman–Crippen MR) is 91.8 cm³/mol. The number of benzene rings is 1. The molecule has 0 aliphatic rings. The minimum absolute atomic E-state index is 0. The number of hydrogen-bond donors (Lipinski definition) is 2. The van der Waals surface area contributed by atoms with Crippen LogP contribution in [0.4, 0.5) is 0 Å². The first-order chi connectivity index (χ1) is 10.6. The molecule has 23 heavy (non-hydrogen) atoms. The Balaban J connectivity index is 0.00000264. The lowest BCUT2D eigenvalue weighted by atomic mass is 10.1. The third kappa shape index (κ3) is 5.82. The van der Waals surface area contributed by atoms with Crippen molar-refractivity contribution < 1.29 is 9.32 Å². The van der Waals surface area contributed by atoms with Crippen molar-refractivity contribution in [2.24, 2.45) is 5.92 Å². The number of nitrogens with zero attached hydrogens (tertiary/aromatic N) is 2. The lowest BCUT2D eigenvalue weighted by Crippen LogP contribution is -2.35. The SMILES string of the molecule is CNCC(C)C(=O)NCCc1nc(-c2ccc(Cl)cc2)no1.Cl. The lowest BCUT2D eigenvalue weighted by Gasteiger charge is -2.10. The maximum atomic E-state index is 11.8. The summed E-state index contributed by atoms with van der Waals surface area (Å²) in [6.45, 7) is 2.99. The maximum Gasteiger partial charge on any atom is 0.228 e. The Morgan fingerprint density at radius 2 is 2.04 bits per heavy atom. The molecule has 8 heteroatoms. The number of halogens is 2. The van der Waals surface area contributed by atoms with E-state index in [1.165, 1.54) is 0 Å². The van der Waals surface area contributed by atoms with E-state index < -0.39 is 0 Å². The van der Waals surface area contributed by atoms with E-state index in [0.717, 1.165) is 5.56 Å². The molecule has 6 nitrogen and oxygen atoms in total. The van der Waals surface area contributed by atoms with Gasteiger partial charge >= 0.3 is 0 Å². The molecule has 0 fully saturated rings. The van der Waals surface area contributed by atoms with Crippen molar-refractivity contribution in [2.45, 2.75) is 13.3 Å². The number of hydrogen-bond acceptors (Lipinski definition) is 5. The molecule has 1 unspecified atom stereocenters. The summed E-state index contributed by atoms with van der Waals surface area (Å²) in [6, 6.07) is 7.21. The molecule has 2 aromatic rings. The van der Waals surface area contributed by atoms with Crippen molar-refractivity contribution in [1.82, 2.24) is 20.8 Å². The van der Waals surface area contributed by atoms with Gasteiger partial charge < -0.3 is 15.2 Å². The molecule has 0 aliphatic carbocycles. The highest BCUT2D eigenvalue weighted by Gasteiger charge is 2.12. The van der Waals surface area contributed by atoms with Crippen molar-refractivity contribution in [2.75, 3.05) is 20.1 Å². The van der Waals surface area contributed by atoms with Crippen LogP contribution in [0.3, 0.4) is 0 Å². The molecule has 1 heterocycles. The summed E-state index contributed by atoms with van der Waals surface area (Å²) >= 11 is 5.84. The molecular formula is C15H20Cl2N4O2. The van der Waals surface area contributed by atoms with Crippen molar-refractivity contribution in [3.63, 3.8) is 0 Å². The molecule has 0 aliphatic heterocycles. The zero-order valence-corrected chi connectivity index (χ0v) is 14.6. The van der Waals surface area contributed by atoms with Gasteiger partial charge in [0.05, 0.1) is 0 Å². The molecule has 1 aromatic heterocycles. The first-order valence-electron chi connectivity index (χ1n) is 7.11. The van der Waals surface area contributed by atoms with E-state index >= 15 is 0 Å². The molecule has 126 valence electrons. The number of amides is 1. The van der Waals surface area contributed by atoms with Gasteiger partial charge in [0.2, 0.25) is 17.6 Å². The van der Waals surface area contributed by atoms with Crippen LogP contribution >= 0.6 is 24.0 Å². The Labute approximate surface area is 146 Å². The van der Waals surface area contributed by atoms with Crippen molar-refractivity contribution in [1.29, 1.82) is 0 Å². The summed E-state index contributed by atoms with van der Waals surface area (Å²) in [4.78, 5) is 16.1. The second-order valence-electron chi connectivity index (χ2n) is 5.02. The molecule has 0 spiro atoms. The standard InChI is InChI=1S/C15H19ClN4O2.ClH/c1-10(9-17-2)15(21)18-8-7-13-19-14(20-22-13)11-3-5-12(16)6-4-11;/h3-6,10,17H,7-9H2,1-2H3,(H,18,21);1H. The number of rotatable bonds is 7. The smallest absolute Gasteiger partial charge is 0.228 e. The quantitative estimate of drug-likeness (QED) is 0.793. The van der Waals surface area contributed by atoms with Crippen LogP contribution in [0.15, 0.2) is 28.8 Å². The molecule has 1 amide bonds. The van der Waals surface area contributed by atoms with Crippen LogP contribution in [0.25, 0.3) is 11.4 Å². The topological polar surface area (TPSA) is 80.0 Å². The zero-order valence-electron chi connectivity index (χ0n) is 13.0. The highest BCUT2D eigenvalue weighted by atomic mass is 35.5. The third-order valence-electron chi connectivity index (χ3n) is 3.17. The minimum Gasteiger partial charge on any atom is -0.355 e. The summed E-state index contributed by atoms with van der Waals surface area (Å²) in [6.07, 6.45) is 0.499. The van der Waals surface area contributed by atoms with Crippen LogP contribution in [0, 0.1) is 5.92 Å². The van der Waals surface area contributed by atoms with E-state index in [-0.39, 0.29) is 24.2 Å². The number of carbonyl (C=O) groups excluding carboxylic acids is 1. The van der Waals surface area contributed by atoms with Gasteiger partial charge in [-0.25, -0.2) is 0 Å². The fraction of sp³-hybridized carbons (Fsp3) is 0.400. The van der Waals surface area contributed by atoms with Gasteiger partial charge in [0, 0.05) is 36.0 Å². The third-order valence-corrected chi connectivity index (χ3v) is 3.42. The van der Waals surface area contributed by atoms with Gasteiger partial charge in [0.25, 0.3) is 0 Å². The minimum atomic E-state index is -0.0719. The summed E-state index contributed by atoms with van der Waals surface area (Å²) < 4.78 is 5.18. The Hall–Kier alpha value is -1.63. The van der Waals surface area contributed by atoms with Crippen molar-refractivity contribution >= 4 is 29.9 Å². The van der Waals surface area contributed by atoms with E-state index in [4.69, 9.17) is 16.1 Å². The van der Waals surface area contributed by atoms with Gasteiger partial charge in [-0.05, 0) is 31.3 Å². The Morgan fingerprint density at radius 3 is 2.70 bits per heavy atom. The highest BCUT2D eigenvalue weighted by Crippen LogP contribution is 2.18. The predicted octanol–water partition coefficient (Wildman–Crippen LogP) is 2.33. The number of aromatic nitrogens is 2. The fourth-order valence-corrected chi connectivity index (χ4v) is 2.06. The van der Waals surface area contributed by atoms with E-state index in [2.05, 4.69) is 20.8 Å². The molecule has 0 saturated carbocycles. The molecule has 1 atom stereocenters. The molecule has 1 aromatic carbocycles. The molecular weight excluding hydrogens is 339 g/mol. The van der Waals surface area contributed by atoms with Gasteiger partial charge in [-0.2, -0.15) is 4.98 Å². The summed E-state index contributed by atoms with van der Waals surface area (Å²) in [5.41, 5.74) is 0.839. The van der Waals surface area contributed by atoms with Crippen LogP contribution in [0.2, 0.25) is 5.02 Å². The number of carbonyl (C=O) groups is 1. The van der Waals surface area contributed by atoms with Crippen LogP contribution in [-0.2, 0) is 11.2 Å². The highest BCUT2D eigenvalue weighted by molar-refractivity contribution is 6.30.